The standard InChI is InChI=1S/C20H20BrFN2O3/c21-15-6-7-18(17(22)12-15)27-13-19(25)24-10-8-16(9-11-24)23-20(26)14-4-2-1-3-5-14/h1-7,12,16H,8-11,13H2,(H,23,26). The molecular weight excluding hydrogens is 415 g/mol. The summed E-state index contributed by atoms with van der Waals surface area (Å²) in [5.41, 5.74) is 0.626. The lowest BCUT2D eigenvalue weighted by Crippen LogP contribution is -2.47. The van der Waals surface area contributed by atoms with Crippen LogP contribution in [0.25, 0.3) is 0 Å². The molecule has 5 nitrogen and oxygen atoms in total. The monoisotopic (exact) mass is 434 g/mol. The van der Waals surface area contributed by atoms with Gasteiger partial charge in [0.2, 0.25) is 0 Å². The quantitative estimate of drug-likeness (QED) is 0.784. The molecule has 2 aromatic rings. The maximum atomic E-state index is 13.7. The third-order valence-electron chi connectivity index (χ3n) is 4.46. The normalized spacial score (nSPS) is 14.7. The summed E-state index contributed by atoms with van der Waals surface area (Å²) in [4.78, 5) is 26.2. The van der Waals surface area contributed by atoms with Gasteiger partial charge in [-0.2, -0.15) is 0 Å². The second-order valence-corrected chi connectivity index (χ2v) is 7.27. The van der Waals surface area contributed by atoms with Crippen LogP contribution in [-0.4, -0.2) is 42.5 Å². The number of carbonyl (C=O) groups excluding carboxylic acids is 2. The van der Waals surface area contributed by atoms with E-state index in [-0.39, 0.29) is 30.2 Å². The van der Waals surface area contributed by atoms with Crippen molar-refractivity contribution < 1.29 is 18.7 Å². The van der Waals surface area contributed by atoms with Gasteiger partial charge in [0.15, 0.2) is 18.2 Å². The third kappa shape index (κ3) is 5.29. The molecule has 0 aromatic heterocycles. The largest absolute Gasteiger partial charge is 0.481 e. The minimum atomic E-state index is -0.514. The maximum absolute atomic E-state index is 13.7. The van der Waals surface area contributed by atoms with Gasteiger partial charge in [0.05, 0.1) is 0 Å². The molecule has 0 spiro atoms. The predicted molar refractivity (Wildman–Crippen MR) is 103 cm³/mol. The molecule has 27 heavy (non-hydrogen) atoms. The van der Waals surface area contributed by atoms with Crippen molar-refractivity contribution in [2.24, 2.45) is 0 Å². The molecule has 0 saturated carbocycles. The lowest BCUT2D eigenvalue weighted by molar-refractivity contribution is -0.134. The van der Waals surface area contributed by atoms with Crippen LogP contribution >= 0.6 is 15.9 Å². The Kier molecular flexibility index (Phi) is 6.45. The summed E-state index contributed by atoms with van der Waals surface area (Å²) in [6.45, 7) is 0.856. The van der Waals surface area contributed by atoms with Crippen molar-refractivity contribution in [1.82, 2.24) is 10.2 Å². The summed E-state index contributed by atoms with van der Waals surface area (Å²) < 4.78 is 19.6. The number of ether oxygens (including phenoxy) is 1. The first kappa shape index (κ1) is 19.4. The molecule has 2 amide bonds. The molecule has 1 heterocycles. The van der Waals surface area contributed by atoms with Gasteiger partial charge in [0.25, 0.3) is 11.8 Å². The van der Waals surface area contributed by atoms with E-state index in [4.69, 9.17) is 4.74 Å². The third-order valence-corrected chi connectivity index (χ3v) is 4.96. The molecule has 1 N–H and O–H groups in total. The molecule has 2 aromatic carbocycles. The van der Waals surface area contributed by atoms with E-state index in [1.165, 1.54) is 12.1 Å². The Bertz CT molecular complexity index is 808. The Morgan fingerprint density at radius 1 is 1.15 bits per heavy atom. The molecule has 0 bridgehead atoms. The number of carbonyl (C=O) groups is 2. The van der Waals surface area contributed by atoms with Gasteiger partial charge in [0.1, 0.15) is 0 Å². The van der Waals surface area contributed by atoms with Crippen LogP contribution in [0.2, 0.25) is 0 Å². The number of hydrogen-bond donors (Lipinski definition) is 1. The smallest absolute Gasteiger partial charge is 0.260 e. The van der Waals surface area contributed by atoms with Crippen molar-refractivity contribution in [3.05, 3.63) is 64.4 Å². The number of benzene rings is 2. The zero-order chi connectivity index (χ0) is 19.2. The zero-order valence-corrected chi connectivity index (χ0v) is 16.2. The van der Waals surface area contributed by atoms with Crippen molar-refractivity contribution in [2.45, 2.75) is 18.9 Å². The summed E-state index contributed by atoms with van der Waals surface area (Å²) in [6.07, 6.45) is 1.36. The molecule has 0 radical (unpaired) electrons. The van der Waals surface area contributed by atoms with E-state index < -0.39 is 5.82 Å². The van der Waals surface area contributed by atoms with Crippen LogP contribution in [0.3, 0.4) is 0 Å². The molecule has 142 valence electrons. The van der Waals surface area contributed by atoms with Gasteiger partial charge in [-0.05, 0) is 43.2 Å². The highest BCUT2D eigenvalue weighted by Crippen LogP contribution is 2.21. The van der Waals surface area contributed by atoms with Crippen LogP contribution < -0.4 is 10.1 Å². The maximum Gasteiger partial charge on any atom is 0.260 e. The van der Waals surface area contributed by atoms with E-state index in [2.05, 4.69) is 21.2 Å². The molecule has 0 aliphatic carbocycles. The van der Waals surface area contributed by atoms with Crippen LogP contribution in [0.4, 0.5) is 4.39 Å². The number of rotatable bonds is 5. The van der Waals surface area contributed by atoms with E-state index >= 15 is 0 Å². The van der Waals surface area contributed by atoms with Gasteiger partial charge >= 0.3 is 0 Å². The SMILES string of the molecule is O=C(NC1CCN(C(=O)COc2ccc(Br)cc2F)CC1)c1ccccc1. The summed E-state index contributed by atoms with van der Waals surface area (Å²) in [5.74, 6) is -0.754. The number of likely N-dealkylation sites (tertiary alicyclic amines) is 1. The first-order chi connectivity index (χ1) is 13.0. The number of piperidine rings is 1. The number of nitrogens with one attached hydrogen (secondary N) is 1. The van der Waals surface area contributed by atoms with Crippen LogP contribution in [-0.2, 0) is 4.79 Å². The van der Waals surface area contributed by atoms with E-state index in [9.17, 15) is 14.0 Å². The summed E-state index contributed by atoms with van der Waals surface area (Å²) in [7, 11) is 0. The first-order valence-electron chi connectivity index (χ1n) is 8.74. The number of halogens is 2. The van der Waals surface area contributed by atoms with Crippen LogP contribution in [0.15, 0.2) is 53.0 Å². The van der Waals surface area contributed by atoms with Crippen molar-refractivity contribution in [1.29, 1.82) is 0 Å². The predicted octanol–water partition coefficient (Wildman–Crippen LogP) is 3.39. The lowest BCUT2D eigenvalue weighted by Gasteiger charge is -2.32. The Hall–Kier alpha value is -2.41. The second kappa shape index (κ2) is 8.99. The fourth-order valence-corrected chi connectivity index (χ4v) is 3.29. The van der Waals surface area contributed by atoms with Gasteiger partial charge in [-0.15, -0.1) is 0 Å². The summed E-state index contributed by atoms with van der Waals surface area (Å²) in [5, 5.41) is 3.00. The van der Waals surface area contributed by atoms with Crippen molar-refractivity contribution in [3.63, 3.8) is 0 Å². The molecule has 7 heteroatoms. The van der Waals surface area contributed by atoms with Crippen LogP contribution in [0.5, 0.6) is 5.75 Å². The van der Waals surface area contributed by atoms with Crippen molar-refractivity contribution >= 4 is 27.7 Å². The van der Waals surface area contributed by atoms with Crippen molar-refractivity contribution in [2.75, 3.05) is 19.7 Å². The van der Waals surface area contributed by atoms with Gasteiger partial charge < -0.3 is 15.0 Å². The topological polar surface area (TPSA) is 58.6 Å². The fourth-order valence-electron chi connectivity index (χ4n) is 2.95. The Labute approximate surface area is 165 Å². The summed E-state index contributed by atoms with van der Waals surface area (Å²) >= 11 is 3.18. The number of amides is 2. The van der Waals surface area contributed by atoms with Gasteiger partial charge in [-0.1, -0.05) is 34.1 Å². The van der Waals surface area contributed by atoms with Crippen LogP contribution in [0.1, 0.15) is 23.2 Å². The highest BCUT2D eigenvalue weighted by atomic mass is 79.9. The molecule has 1 aliphatic heterocycles. The van der Waals surface area contributed by atoms with E-state index in [1.54, 1.807) is 23.1 Å². The molecule has 1 fully saturated rings. The molecular formula is C20H20BrFN2O3. The van der Waals surface area contributed by atoms with E-state index in [1.807, 2.05) is 18.2 Å². The lowest BCUT2D eigenvalue weighted by atomic mass is 10.0. The van der Waals surface area contributed by atoms with E-state index in [0.717, 1.165) is 0 Å². The fraction of sp³-hybridized carbons (Fsp3) is 0.300. The van der Waals surface area contributed by atoms with Gasteiger partial charge in [0, 0.05) is 29.2 Å². The zero-order valence-electron chi connectivity index (χ0n) is 14.7. The Morgan fingerprint density at radius 2 is 1.85 bits per heavy atom. The highest BCUT2D eigenvalue weighted by molar-refractivity contribution is 9.10. The van der Waals surface area contributed by atoms with Crippen molar-refractivity contribution in [3.8, 4) is 5.75 Å². The highest BCUT2D eigenvalue weighted by Gasteiger charge is 2.24. The molecule has 3 rings (SSSR count). The average molecular weight is 435 g/mol. The number of hydrogen-bond acceptors (Lipinski definition) is 3. The molecule has 0 atom stereocenters. The first-order valence-corrected chi connectivity index (χ1v) is 9.54. The average Bonchev–Trinajstić information content (AvgIpc) is 2.68. The molecule has 1 saturated heterocycles. The Balaban J connectivity index is 1.44. The molecule has 0 unspecified atom stereocenters. The minimum absolute atomic E-state index is 0.0339. The van der Waals surface area contributed by atoms with Gasteiger partial charge in [-0.3, -0.25) is 9.59 Å². The minimum Gasteiger partial charge on any atom is -0.481 e. The van der Waals surface area contributed by atoms with Crippen LogP contribution in [0, 0.1) is 5.82 Å². The molecule has 1 aliphatic rings. The second-order valence-electron chi connectivity index (χ2n) is 6.36. The Morgan fingerprint density at radius 3 is 2.52 bits per heavy atom. The number of nitrogens with zero attached hydrogens (tertiary/aromatic N) is 1. The van der Waals surface area contributed by atoms with E-state index in [0.29, 0.717) is 36.0 Å². The van der Waals surface area contributed by atoms with Gasteiger partial charge in [-0.25, -0.2) is 4.39 Å². The summed E-state index contributed by atoms with van der Waals surface area (Å²) in [6, 6.07) is 13.5.